The van der Waals surface area contributed by atoms with Crippen molar-refractivity contribution in [2.75, 3.05) is 11.9 Å². The zero-order valence-corrected chi connectivity index (χ0v) is 12.9. The fourth-order valence-corrected chi connectivity index (χ4v) is 2.04. The fourth-order valence-electron chi connectivity index (χ4n) is 1.91. The third-order valence-corrected chi connectivity index (χ3v) is 3.30. The van der Waals surface area contributed by atoms with E-state index in [-0.39, 0.29) is 18.9 Å². The Balaban J connectivity index is 1.83. The minimum absolute atomic E-state index is 0.161. The first-order valence-corrected chi connectivity index (χ1v) is 7.26. The Morgan fingerprint density at radius 3 is 2.43 bits per heavy atom. The van der Waals surface area contributed by atoms with E-state index in [1.807, 2.05) is 6.07 Å². The summed E-state index contributed by atoms with van der Waals surface area (Å²) in [7, 11) is 0. The van der Waals surface area contributed by atoms with E-state index >= 15 is 0 Å². The van der Waals surface area contributed by atoms with Crippen LogP contribution in [0.4, 0.5) is 5.69 Å². The minimum Gasteiger partial charge on any atom is -0.347 e. The summed E-state index contributed by atoms with van der Waals surface area (Å²) in [5.74, 6) is -0.659. The highest BCUT2D eigenvalue weighted by Gasteiger charge is 2.09. The monoisotopic (exact) mass is 327 g/mol. The number of para-hydroxylation sites is 1. The van der Waals surface area contributed by atoms with Crippen molar-refractivity contribution in [2.45, 2.75) is 6.42 Å². The Morgan fingerprint density at radius 2 is 1.74 bits per heavy atom. The Kier molecular flexibility index (Phi) is 5.73. The lowest BCUT2D eigenvalue weighted by molar-refractivity contribution is -0.123. The van der Waals surface area contributed by atoms with Crippen LogP contribution in [-0.4, -0.2) is 18.4 Å². The lowest BCUT2D eigenvalue weighted by Gasteiger charge is -2.08. The van der Waals surface area contributed by atoms with Crippen LogP contribution in [-0.2, 0) is 16.0 Å². The molecule has 0 bridgehead atoms. The van der Waals surface area contributed by atoms with Crippen molar-refractivity contribution in [1.29, 1.82) is 5.26 Å². The molecule has 2 N–H and O–H groups in total. The van der Waals surface area contributed by atoms with Gasteiger partial charge in [0.05, 0.1) is 24.2 Å². The normalized spacial score (nSPS) is 9.74. The molecule has 2 aromatic rings. The molecule has 0 heterocycles. The molecule has 0 spiro atoms. The third kappa shape index (κ3) is 5.13. The summed E-state index contributed by atoms with van der Waals surface area (Å²) in [4.78, 5) is 23.6. The quantitative estimate of drug-likeness (QED) is 0.885. The molecule has 5 nitrogen and oxygen atoms in total. The molecule has 116 valence electrons. The minimum atomic E-state index is -0.392. The predicted molar refractivity (Wildman–Crippen MR) is 88.0 cm³/mol. The summed E-state index contributed by atoms with van der Waals surface area (Å²) in [6.07, 6.45) is 0.166. The largest absolute Gasteiger partial charge is 0.347 e. The van der Waals surface area contributed by atoms with Gasteiger partial charge >= 0.3 is 0 Å². The van der Waals surface area contributed by atoms with Crippen molar-refractivity contribution in [1.82, 2.24) is 5.32 Å². The second kappa shape index (κ2) is 7.97. The van der Waals surface area contributed by atoms with E-state index in [4.69, 9.17) is 16.9 Å². The van der Waals surface area contributed by atoms with Crippen molar-refractivity contribution in [3.63, 3.8) is 0 Å². The lowest BCUT2D eigenvalue weighted by Crippen LogP contribution is -2.33. The van der Waals surface area contributed by atoms with E-state index in [2.05, 4.69) is 10.6 Å². The van der Waals surface area contributed by atoms with Crippen molar-refractivity contribution in [2.24, 2.45) is 0 Å². The van der Waals surface area contributed by atoms with Crippen molar-refractivity contribution in [3.05, 3.63) is 64.7 Å². The number of nitriles is 1. The molecule has 0 saturated carbocycles. The van der Waals surface area contributed by atoms with Gasteiger partial charge in [0.2, 0.25) is 11.8 Å². The van der Waals surface area contributed by atoms with Gasteiger partial charge in [-0.25, -0.2) is 0 Å². The highest BCUT2D eigenvalue weighted by atomic mass is 35.5. The molecule has 0 unspecified atom stereocenters. The number of nitrogens with zero attached hydrogens (tertiary/aromatic N) is 1. The maximum absolute atomic E-state index is 11.8. The Bertz CT molecular complexity index is 751. The van der Waals surface area contributed by atoms with Crippen LogP contribution in [0, 0.1) is 11.3 Å². The molecule has 0 aliphatic carbocycles. The molecule has 0 radical (unpaired) electrons. The summed E-state index contributed by atoms with van der Waals surface area (Å²) >= 11 is 5.78. The number of carbonyl (C=O) groups is 2. The number of hydrogen-bond donors (Lipinski definition) is 2. The van der Waals surface area contributed by atoms with Crippen LogP contribution in [0.15, 0.2) is 48.5 Å². The van der Waals surface area contributed by atoms with Crippen LogP contribution in [0.2, 0.25) is 5.02 Å². The first kappa shape index (κ1) is 16.5. The third-order valence-electron chi connectivity index (χ3n) is 3.05. The van der Waals surface area contributed by atoms with Crippen LogP contribution < -0.4 is 10.6 Å². The average molecular weight is 328 g/mol. The first-order valence-electron chi connectivity index (χ1n) is 6.88. The van der Waals surface area contributed by atoms with Gasteiger partial charge in [-0.1, -0.05) is 35.9 Å². The number of amides is 2. The van der Waals surface area contributed by atoms with Crippen LogP contribution in [0.1, 0.15) is 11.1 Å². The van der Waals surface area contributed by atoms with Crippen LogP contribution in [0.3, 0.4) is 0 Å². The Labute approximate surface area is 138 Å². The molecule has 0 aliphatic rings. The number of hydrogen-bond acceptors (Lipinski definition) is 3. The summed E-state index contributed by atoms with van der Waals surface area (Å²) in [5.41, 5.74) is 1.60. The van der Waals surface area contributed by atoms with Crippen LogP contribution in [0.25, 0.3) is 0 Å². The van der Waals surface area contributed by atoms with Gasteiger partial charge < -0.3 is 10.6 Å². The van der Waals surface area contributed by atoms with Gasteiger partial charge in [-0.15, -0.1) is 0 Å². The zero-order valence-electron chi connectivity index (χ0n) is 12.2. The molecule has 23 heavy (non-hydrogen) atoms. The highest BCUT2D eigenvalue weighted by Crippen LogP contribution is 2.13. The summed E-state index contributed by atoms with van der Waals surface area (Å²) in [6.45, 7) is -0.161. The molecular weight excluding hydrogens is 314 g/mol. The fraction of sp³-hybridized carbons (Fsp3) is 0.118. The van der Waals surface area contributed by atoms with E-state index in [0.717, 1.165) is 5.56 Å². The van der Waals surface area contributed by atoms with Crippen LogP contribution in [0.5, 0.6) is 0 Å². The molecule has 2 rings (SSSR count). The highest BCUT2D eigenvalue weighted by molar-refractivity contribution is 6.30. The van der Waals surface area contributed by atoms with Crippen LogP contribution >= 0.6 is 11.6 Å². The van der Waals surface area contributed by atoms with Gasteiger partial charge in [0, 0.05) is 5.02 Å². The van der Waals surface area contributed by atoms with Crippen molar-refractivity contribution < 1.29 is 9.59 Å². The second-order valence-electron chi connectivity index (χ2n) is 4.79. The summed E-state index contributed by atoms with van der Waals surface area (Å²) < 4.78 is 0. The van der Waals surface area contributed by atoms with E-state index in [1.54, 1.807) is 48.5 Å². The molecule has 2 aromatic carbocycles. The van der Waals surface area contributed by atoms with E-state index < -0.39 is 5.91 Å². The average Bonchev–Trinajstić information content (AvgIpc) is 2.55. The smallest absolute Gasteiger partial charge is 0.243 e. The van der Waals surface area contributed by atoms with Gasteiger partial charge in [-0.3, -0.25) is 9.59 Å². The van der Waals surface area contributed by atoms with Gasteiger partial charge in [-0.05, 0) is 29.8 Å². The van der Waals surface area contributed by atoms with E-state index in [0.29, 0.717) is 16.3 Å². The van der Waals surface area contributed by atoms with Gasteiger partial charge in [-0.2, -0.15) is 5.26 Å². The molecular formula is C17H14ClN3O2. The second-order valence-corrected chi connectivity index (χ2v) is 5.22. The number of nitrogens with one attached hydrogen (secondary N) is 2. The zero-order chi connectivity index (χ0) is 16.7. The molecule has 0 aromatic heterocycles. The molecule has 0 atom stereocenters. The maximum atomic E-state index is 11.8. The summed E-state index contributed by atoms with van der Waals surface area (Å²) in [5, 5.41) is 14.7. The first-order chi connectivity index (χ1) is 11.1. The van der Waals surface area contributed by atoms with Crippen molar-refractivity contribution in [3.8, 4) is 6.07 Å². The summed E-state index contributed by atoms with van der Waals surface area (Å²) in [6, 6.07) is 15.6. The van der Waals surface area contributed by atoms with Gasteiger partial charge in [0.15, 0.2) is 0 Å². The Morgan fingerprint density at radius 1 is 1.04 bits per heavy atom. The van der Waals surface area contributed by atoms with E-state index in [1.165, 1.54) is 0 Å². The van der Waals surface area contributed by atoms with Gasteiger partial charge in [0.1, 0.15) is 6.07 Å². The Hall–Kier alpha value is -2.84. The standard InChI is InChI=1S/C17H14ClN3O2/c18-14-7-5-12(6-8-14)9-16(22)20-11-17(23)21-15-4-2-1-3-13(15)10-19/h1-8H,9,11H2,(H,20,22)(H,21,23). The van der Waals surface area contributed by atoms with Gasteiger partial charge in [0.25, 0.3) is 0 Å². The number of carbonyl (C=O) groups excluding carboxylic acids is 2. The van der Waals surface area contributed by atoms with Crippen molar-refractivity contribution >= 4 is 29.1 Å². The molecule has 0 fully saturated rings. The molecule has 0 saturated heterocycles. The number of rotatable bonds is 5. The number of benzene rings is 2. The lowest BCUT2D eigenvalue weighted by atomic mass is 10.1. The SMILES string of the molecule is N#Cc1ccccc1NC(=O)CNC(=O)Cc1ccc(Cl)cc1. The molecule has 0 aliphatic heterocycles. The molecule has 2 amide bonds. The van der Waals surface area contributed by atoms with E-state index in [9.17, 15) is 9.59 Å². The maximum Gasteiger partial charge on any atom is 0.243 e. The topological polar surface area (TPSA) is 82.0 Å². The molecule has 6 heteroatoms. The number of anilines is 1. The predicted octanol–water partition coefficient (Wildman–Crippen LogP) is 2.51. The number of halogens is 1.